The minimum Gasteiger partial charge on any atom is -0.497 e. The molecule has 1 N–H and O–H groups in total. The van der Waals surface area contributed by atoms with E-state index in [4.69, 9.17) is 4.74 Å². The van der Waals surface area contributed by atoms with Crippen LogP contribution in [0.15, 0.2) is 18.2 Å². The Morgan fingerprint density at radius 3 is 2.75 bits per heavy atom. The number of alkyl halides is 3. The lowest BCUT2D eigenvalue weighted by molar-refractivity contribution is -0.150. The predicted molar refractivity (Wildman–Crippen MR) is 53.5 cm³/mol. The lowest BCUT2D eigenvalue weighted by Crippen LogP contribution is -2.36. The number of benzene rings is 1. The van der Waals surface area contributed by atoms with Gasteiger partial charge in [-0.25, -0.2) is 0 Å². The van der Waals surface area contributed by atoms with E-state index in [1.807, 2.05) is 0 Å². The number of fused-ring (bicyclic) bond motifs is 1. The van der Waals surface area contributed by atoms with Gasteiger partial charge in [-0.2, -0.15) is 13.2 Å². The summed E-state index contributed by atoms with van der Waals surface area (Å²) >= 11 is 0. The average Bonchev–Trinajstić information content (AvgIpc) is 2.26. The first-order valence-electron chi connectivity index (χ1n) is 4.96. The number of ether oxygens (including phenoxy) is 1. The van der Waals surface area contributed by atoms with Crippen LogP contribution in [0.4, 0.5) is 13.2 Å². The van der Waals surface area contributed by atoms with Gasteiger partial charge in [-0.15, -0.1) is 0 Å². The minimum atomic E-state index is -4.20. The molecule has 1 aromatic rings. The highest BCUT2D eigenvalue weighted by molar-refractivity contribution is 5.40. The third-order valence-corrected chi connectivity index (χ3v) is 2.78. The fourth-order valence-corrected chi connectivity index (χ4v) is 1.96. The van der Waals surface area contributed by atoms with Crippen molar-refractivity contribution in [3.05, 3.63) is 29.3 Å². The highest BCUT2D eigenvalue weighted by atomic mass is 19.4. The zero-order chi connectivity index (χ0) is 11.8. The first-order chi connectivity index (χ1) is 7.52. The first kappa shape index (κ1) is 11.3. The number of hydrogen-bond donors (Lipinski definition) is 1. The van der Waals surface area contributed by atoms with E-state index < -0.39 is 12.1 Å². The Balaban J connectivity index is 2.40. The van der Waals surface area contributed by atoms with Gasteiger partial charge < -0.3 is 10.1 Å². The van der Waals surface area contributed by atoms with Gasteiger partial charge in [-0.05, 0) is 23.3 Å². The van der Waals surface area contributed by atoms with Gasteiger partial charge >= 0.3 is 6.18 Å². The van der Waals surface area contributed by atoms with Crippen molar-refractivity contribution in [1.29, 1.82) is 0 Å². The van der Waals surface area contributed by atoms with Crippen molar-refractivity contribution in [1.82, 2.24) is 5.32 Å². The molecule has 0 aromatic heterocycles. The molecular formula is C11H12F3NO. The molecule has 1 aliphatic heterocycles. The van der Waals surface area contributed by atoms with Crippen LogP contribution in [0.25, 0.3) is 0 Å². The van der Waals surface area contributed by atoms with Crippen molar-refractivity contribution < 1.29 is 17.9 Å². The van der Waals surface area contributed by atoms with E-state index in [0.717, 1.165) is 0 Å². The van der Waals surface area contributed by atoms with Gasteiger partial charge in [0, 0.05) is 13.1 Å². The maximum absolute atomic E-state index is 12.7. The van der Waals surface area contributed by atoms with E-state index in [1.54, 1.807) is 12.1 Å². The van der Waals surface area contributed by atoms with E-state index in [0.29, 0.717) is 23.4 Å². The third kappa shape index (κ3) is 2.00. The Kier molecular flexibility index (Phi) is 2.80. The Morgan fingerprint density at radius 2 is 2.12 bits per heavy atom. The van der Waals surface area contributed by atoms with E-state index in [1.165, 1.54) is 13.2 Å². The standard InChI is InChI=1S/C11H12F3NO/c1-16-8-2-3-9-7(4-8)5-15-6-10(9)11(12,13)14/h2-4,10,15H,5-6H2,1H3. The molecule has 0 saturated heterocycles. The Bertz CT molecular complexity index is 389. The zero-order valence-corrected chi connectivity index (χ0v) is 8.77. The van der Waals surface area contributed by atoms with Crippen molar-refractivity contribution in [2.45, 2.75) is 18.6 Å². The number of halogens is 3. The molecule has 1 unspecified atom stereocenters. The Labute approximate surface area is 91.4 Å². The summed E-state index contributed by atoms with van der Waals surface area (Å²) in [6, 6.07) is 4.73. The fraction of sp³-hybridized carbons (Fsp3) is 0.455. The summed E-state index contributed by atoms with van der Waals surface area (Å²) in [5, 5.41) is 2.77. The smallest absolute Gasteiger partial charge is 0.396 e. The van der Waals surface area contributed by atoms with Crippen LogP contribution in [0.5, 0.6) is 5.75 Å². The van der Waals surface area contributed by atoms with Crippen LogP contribution in [0, 0.1) is 0 Å². The second-order valence-corrected chi connectivity index (χ2v) is 3.79. The maximum atomic E-state index is 12.7. The highest BCUT2D eigenvalue weighted by Gasteiger charge is 2.42. The average molecular weight is 231 g/mol. The van der Waals surface area contributed by atoms with Crippen molar-refractivity contribution in [2.24, 2.45) is 0 Å². The molecule has 1 aliphatic rings. The largest absolute Gasteiger partial charge is 0.497 e. The van der Waals surface area contributed by atoms with E-state index >= 15 is 0 Å². The van der Waals surface area contributed by atoms with E-state index in [9.17, 15) is 13.2 Å². The van der Waals surface area contributed by atoms with Crippen molar-refractivity contribution in [3.8, 4) is 5.75 Å². The minimum absolute atomic E-state index is 0.0527. The zero-order valence-electron chi connectivity index (χ0n) is 8.77. The molecule has 0 spiro atoms. The maximum Gasteiger partial charge on any atom is 0.396 e. The summed E-state index contributed by atoms with van der Waals surface area (Å²) in [5.41, 5.74) is 1.01. The molecule has 0 fully saturated rings. The summed E-state index contributed by atoms with van der Waals surface area (Å²) in [6.45, 7) is 0.405. The molecular weight excluding hydrogens is 219 g/mol. The number of hydrogen-bond acceptors (Lipinski definition) is 2. The van der Waals surface area contributed by atoms with Gasteiger partial charge in [0.1, 0.15) is 5.75 Å². The molecule has 0 bridgehead atoms. The van der Waals surface area contributed by atoms with Gasteiger partial charge in [0.2, 0.25) is 0 Å². The lowest BCUT2D eigenvalue weighted by Gasteiger charge is -2.28. The highest BCUT2D eigenvalue weighted by Crippen LogP contribution is 2.38. The molecule has 88 valence electrons. The summed E-state index contributed by atoms with van der Waals surface area (Å²) in [5.74, 6) is -0.828. The molecule has 1 heterocycles. The Hall–Kier alpha value is -1.23. The van der Waals surface area contributed by atoms with Crippen molar-refractivity contribution in [3.63, 3.8) is 0 Å². The second kappa shape index (κ2) is 3.97. The predicted octanol–water partition coefficient (Wildman–Crippen LogP) is 2.44. The number of nitrogens with one attached hydrogen (secondary N) is 1. The number of methoxy groups -OCH3 is 1. The topological polar surface area (TPSA) is 21.3 Å². The molecule has 2 rings (SSSR count). The van der Waals surface area contributed by atoms with Crippen LogP contribution < -0.4 is 10.1 Å². The van der Waals surface area contributed by atoms with E-state index in [2.05, 4.69) is 5.32 Å². The quantitative estimate of drug-likeness (QED) is 0.801. The second-order valence-electron chi connectivity index (χ2n) is 3.79. The first-order valence-corrected chi connectivity index (χ1v) is 4.96. The summed E-state index contributed by atoms with van der Waals surface area (Å²) in [7, 11) is 1.50. The lowest BCUT2D eigenvalue weighted by atomic mass is 9.90. The molecule has 0 radical (unpaired) electrons. The number of rotatable bonds is 1. The molecule has 0 amide bonds. The van der Waals surface area contributed by atoms with Crippen LogP contribution >= 0.6 is 0 Å². The SMILES string of the molecule is COc1ccc2c(c1)CNCC2C(F)(F)F. The molecule has 0 aliphatic carbocycles. The van der Waals surface area contributed by atoms with Gasteiger partial charge in [0.15, 0.2) is 0 Å². The van der Waals surface area contributed by atoms with E-state index in [-0.39, 0.29) is 6.54 Å². The molecule has 16 heavy (non-hydrogen) atoms. The molecule has 1 atom stereocenters. The summed E-state index contributed by atoms with van der Waals surface area (Å²) in [6.07, 6.45) is -4.20. The van der Waals surface area contributed by atoms with Crippen LogP contribution in [0.1, 0.15) is 17.0 Å². The van der Waals surface area contributed by atoms with Crippen LogP contribution in [0.3, 0.4) is 0 Å². The van der Waals surface area contributed by atoms with Gasteiger partial charge in [-0.3, -0.25) is 0 Å². The van der Waals surface area contributed by atoms with Gasteiger partial charge in [-0.1, -0.05) is 6.07 Å². The van der Waals surface area contributed by atoms with Gasteiger partial charge in [0.25, 0.3) is 0 Å². The van der Waals surface area contributed by atoms with Gasteiger partial charge in [0.05, 0.1) is 13.0 Å². The summed E-state index contributed by atoms with van der Waals surface area (Å²) < 4.78 is 43.2. The fourth-order valence-electron chi connectivity index (χ4n) is 1.96. The normalized spacial score (nSPS) is 20.4. The Morgan fingerprint density at radius 1 is 1.38 bits per heavy atom. The summed E-state index contributed by atoms with van der Waals surface area (Å²) in [4.78, 5) is 0. The molecule has 5 heteroatoms. The van der Waals surface area contributed by atoms with Crippen LogP contribution in [0.2, 0.25) is 0 Å². The monoisotopic (exact) mass is 231 g/mol. The molecule has 0 saturated carbocycles. The molecule has 2 nitrogen and oxygen atoms in total. The van der Waals surface area contributed by atoms with Crippen LogP contribution in [-0.4, -0.2) is 19.8 Å². The van der Waals surface area contributed by atoms with Crippen molar-refractivity contribution >= 4 is 0 Å². The van der Waals surface area contributed by atoms with Crippen molar-refractivity contribution in [2.75, 3.05) is 13.7 Å². The molecule has 1 aromatic carbocycles. The van der Waals surface area contributed by atoms with Crippen LogP contribution in [-0.2, 0) is 6.54 Å². The third-order valence-electron chi connectivity index (χ3n) is 2.78.